The van der Waals surface area contributed by atoms with Gasteiger partial charge in [0.15, 0.2) is 0 Å². The summed E-state index contributed by atoms with van der Waals surface area (Å²) in [5, 5.41) is 1.30. The lowest BCUT2D eigenvalue weighted by Crippen LogP contribution is -1.94. The molecule has 2 heteroatoms. The maximum absolute atomic E-state index is 9.92. The first-order valence-electron chi connectivity index (χ1n) is 24.3. The summed E-state index contributed by atoms with van der Waals surface area (Å²) >= 11 is 0. The number of benzene rings is 9. The molecule has 9 aromatic carbocycles. The van der Waals surface area contributed by atoms with E-state index >= 15 is 0 Å². The van der Waals surface area contributed by atoms with Crippen molar-refractivity contribution >= 4 is 43.6 Å². The lowest BCUT2D eigenvalue weighted by atomic mass is 9.97. The van der Waals surface area contributed by atoms with Gasteiger partial charge < -0.3 is 9.13 Å². The summed E-state index contributed by atoms with van der Waals surface area (Å²) in [5.41, 5.74) is 7.68. The zero-order valence-electron chi connectivity index (χ0n) is 41.8. The van der Waals surface area contributed by atoms with Gasteiger partial charge in [0.25, 0.3) is 0 Å². The number of nitrogens with zero attached hydrogens (tertiary/aromatic N) is 2. The van der Waals surface area contributed by atoms with Gasteiger partial charge in [0.2, 0.25) is 0 Å². The second-order valence-electron chi connectivity index (χ2n) is 13.6. The summed E-state index contributed by atoms with van der Waals surface area (Å²) in [6.45, 7) is 0. The molecule has 0 atom stereocenters. The Morgan fingerprint density at radius 3 is 1.66 bits per heavy atom. The average molecular weight is 725 g/mol. The first kappa shape index (κ1) is 22.1. The monoisotopic (exact) mass is 724 g/mol. The zero-order chi connectivity index (χ0) is 47.4. The van der Waals surface area contributed by atoms with Crippen LogP contribution in [0, 0.1) is 0 Å². The Morgan fingerprint density at radius 2 is 0.911 bits per heavy atom. The van der Waals surface area contributed by atoms with E-state index in [1.807, 2.05) is 102 Å². The molecule has 262 valence electrons. The summed E-state index contributed by atoms with van der Waals surface area (Å²) in [7, 11) is 0. The third kappa shape index (κ3) is 5.26. The molecule has 0 saturated heterocycles. The lowest BCUT2D eigenvalue weighted by molar-refractivity contribution is 1.18. The summed E-state index contributed by atoms with van der Waals surface area (Å²) in [6, 6.07) is 41.3. The second kappa shape index (κ2) is 13.2. The Kier molecular flexibility index (Phi) is 5.19. The van der Waals surface area contributed by atoms with E-state index in [-0.39, 0.29) is 75.2 Å². The lowest BCUT2D eigenvalue weighted by Gasteiger charge is -2.11. The second-order valence-corrected chi connectivity index (χ2v) is 13.6. The molecule has 0 N–H and O–H groups in total. The highest BCUT2D eigenvalue weighted by molar-refractivity contribution is 6.17. The summed E-state index contributed by atoms with van der Waals surface area (Å²) in [4.78, 5) is 0. The van der Waals surface area contributed by atoms with E-state index in [0.717, 1.165) is 27.9 Å². The molecule has 11 rings (SSSR count). The molecule has 11 aromatic rings. The summed E-state index contributed by atoms with van der Waals surface area (Å²) in [6.07, 6.45) is 0. The topological polar surface area (TPSA) is 9.86 Å². The van der Waals surface area contributed by atoms with Crippen molar-refractivity contribution in [2.75, 3.05) is 0 Å². The molecule has 2 nitrogen and oxygen atoms in total. The molecule has 2 aromatic heterocycles. The van der Waals surface area contributed by atoms with Gasteiger partial charge in [-0.3, -0.25) is 0 Å². The minimum Gasteiger partial charge on any atom is -0.309 e. The van der Waals surface area contributed by atoms with Gasteiger partial charge in [0.1, 0.15) is 0 Å². The van der Waals surface area contributed by atoms with Crippen LogP contribution in [-0.4, -0.2) is 9.13 Å². The van der Waals surface area contributed by atoms with Crippen LogP contribution in [0.5, 0.6) is 0 Å². The third-order valence-electron chi connectivity index (χ3n) is 10.5. The molecule has 0 aliphatic heterocycles. The van der Waals surface area contributed by atoms with Crippen molar-refractivity contribution in [2.24, 2.45) is 0 Å². The largest absolute Gasteiger partial charge is 0.309 e. The smallest absolute Gasteiger partial charge is 0.0645 e. The van der Waals surface area contributed by atoms with Crippen molar-refractivity contribution < 1.29 is 16.4 Å². The fraction of sp³-hybridized carbons (Fsp3) is 0. The predicted octanol–water partition coefficient (Wildman–Crippen LogP) is 14.5. The van der Waals surface area contributed by atoms with Crippen LogP contribution in [-0.2, 0) is 0 Å². The van der Waals surface area contributed by atoms with Gasteiger partial charge in [0, 0.05) is 32.9 Å². The molecule has 0 aliphatic carbocycles. The van der Waals surface area contributed by atoms with Crippen molar-refractivity contribution in [3.63, 3.8) is 0 Å². The molecule has 0 fully saturated rings. The molecule has 0 aliphatic rings. The van der Waals surface area contributed by atoms with E-state index in [1.165, 1.54) is 0 Å². The Hall–Kier alpha value is -7.42. The standard InChI is InChI=1S/C54H36N2/c1-4-13-37(14-5-1)38-23-25-39(26-24-38)40-27-31-45(32-28-40)55-50-21-11-10-19-47(50)48-35-42(29-33-51(48)55)43-30-34-52-49(36-43)54-46(41-15-6-2-7-16-41)20-12-22-53(54)56(52)44-17-8-3-9-18-44/h1-36H/i2D,6D,7D,10D,11D,15D,16D,19D,21D,29D,33D,35D. The van der Waals surface area contributed by atoms with Gasteiger partial charge in [0.05, 0.1) is 38.5 Å². The third-order valence-corrected chi connectivity index (χ3v) is 10.5. The minimum atomic E-state index is -0.509. The summed E-state index contributed by atoms with van der Waals surface area (Å²) in [5.74, 6) is 0. The molecule has 0 radical (unpaired) electrons. The molecular formula is C54H36N2. The van der Waals surface area contributed by atoms with Gasteiger partial charge in [-0.15, -0.1) is 0 Å². The Labute approximate surface area is 342 Å². The maximum Gasteiger partial charge on any atom is 0.0645 e. The van der Waals surface area contributed by atoms with Gasteiger partial charge in [-0.1, -0.05) is 158 Å². The minimum absolute atomic E-state index is 0.0206. The molecule has 0 unspecified atom stereocenters. The molecule has 56 heavy (non-hydrogen) atoms. The number of aromatic nitrogens is 2. The quantitative estimate of drug-likeness (QED) is 0.162. The van der Waals surface area contributed by atoms with Crippen molar-refractivity contribution in [2.45, 2.75) is 0 Å². The Morgan fingerprint density at radius 1 is 0.321 bits per heavy atom. The average Bonchev–Trinajstić information content (AvgIpc) is 3.91. The van der Waals surface area contributed by atoms with Crippen LogP contribution in [0.1, 0.15) is 16.4 Å². The van der Waals surface area contributed by atoms with Crippen LogP contribution >= 0.6 is 0 Å². The normalized spacial score (nSPS) is 14.6. The van der Waals surface area contributed by atoms with E-state index < -0.39 is 30.2 Å². The van der Waals surface area contributed by atoms with E-state index in [2.05, 4.69) is 24.3 Å². The first-order chi connectivity index (χ1) is 32.8. The van der Waals surface area contributed by atoms with Crippen LogP contribution < -0.4 is 0 Å². The SMILES string of the molecule is [2H]c1c([2H])c([2H])c(-c2cccc3c2c2cc(-c4c([2H])c([2H])c5c(c4[2H])c4c([2H])c([2H])c([2H])c([2H])c4n5-c4ccc(-c5ccc(-c6ccccc6)cc5)cc4)ccc2n3-c2ccccc2)c([2H])c1[2H]. The van der Waals surface area contributed by atoms with Crippen LogP contribution in [0.2, 0.25) is 0 Å². The molecule has 0 bridgehead atoms. The highest BCUT2D eigenvalue weighted by Gasteiger charge is 2.18. The van der Waals surface area contributed by atoms with E-state index in [1.54, 1.807) is 28.8 Å². The predicted molar refractivity (Wildman–Crippen MR) is 237 cm³/mol. The van der Waals surface area contributed by atoms with Gasteiger partial charge >= 0.3 is 0 Å². The number of rotatable bonds is 6. The van der Waals surface area contributed by atoms with Crippen molar-refractivity contribution in [1.29, 1.82) is 0 Å². The van der Waals surface area contributed by atoms with Crippen LogP contribution in [0.15, 0.2) is 218 Å². The molecule has 0 saturated carbocycles. The van der Waals surface area contributed by atoms with Crippen molar-refractivity contribution in [3.8, 4) is 55.9 Å². The molecule has 0 amide bonds. The van der Waals surface area contributed by atoms with Crippen LogP contribution in [0.4, 0.5) is 0 Å². The van der Waals surface area contributed by atoms with E-state index in [9.17, 15) is 6.85 Å². The fourth-order valence-electron chi connectivity index (χ4n) is 7.88. The fourth-order valence-corrected chi connectivity index (χ4v) is 7.88. The highest BCUT2D eigenvalue weighted by Crippen LogP contribution is 2.41. The molecule has 0 spiro atoms. The van der Waals surface area contributed by atoms with Gasteiger partial charge in [-0.05, 0) is 105 Å². The number of fused-ring (bicyclic) bond motifs is 6. The first-order valence-corrected chi connectivity index (χ1v) is 18.3. The van der Waals surface area contributed by atoms with Crippen LogP contribution in [0.25, 0.3) is 99.5 Å². The van der Waals surface area contributed by atoms with Gasteiger partial charge in [-0.25, -0.2) is 0 Å². The highest BCUT2D eigenvalue weighted by atomic mass is 15.0. The maximum atomic E-state index is 9.92. The Balaban J connectivity index is 1.15. The van der Waals surface area contributed by atoms with Crippen molar-refractivity contribution in [1.82, 2.24) is 9.13 Å². The van der Waals surface area contributed by atoms with Gasteiger partial charge in [-0.2, -0.15) is 0 Å². The number of hydrogen-bond acceptors (Lipinski definition) is 0. The van der Waals surface area contributed by atoms with Crippen LogP contribution in [0.3, 0.4) is 0 Å². The molecule has 2 heterocycles. The summed E-state index contributed by atoms with van der Waals surface area (Å²) < 4.78 is 112. The number of para-hydroxylation sites is 2. The van der Waals surface area contributed by atoms with Crippen molar-refractivity contribution in [3.05, 3.63) is 218 Å². The zero-order valence-corrected chi connectivity index (χ0v) is 29.8. The van der Waals surface area contributed by atoms with E-state index in [0.29, 0.717) is 38.6 Å². The van der Waals surface area contributed by atoms with E-state index in [4.69, 9.17) is 9.60 Å². The number of hydrogen-bond donors (Lipinski definition) is 0. The Bertz CT molecular complexity index is 3870. The molecular weight excluding hydrogens is 677 g/mol.